The van der Waals surface area contributed by atoms with Crippen LogP contribution in [-0.4, -0.2) is 37.7 Å². The third kappa shape index (κ3) is 3.03. The van der Waals surface area contributed by atoms with Gasteiger partial charge < -0.3 is 15.2 Å². The first-order valence-corrected chi connectivity index (χ1v) is 9.27. The maximum absolute atomic E-state index is 12.8. The molecule has 2 aromatic carbocycles. The number of aliphatic carboxylic acids is 1. The molecule has 26 heavy (non-hydrogen) atoms. The van der Waals surface area contributed by atoms with Gasteiger partial charge in [-0.2, -0.15) is 0 Å². The molecule has 1 aliphatic heterocycles. The third-order valence-electron chi connectivity index (χ3n) is 4.14. The van der Waals surface area contributed by atoms with E-state index in [-0.39, 0.29) is 9.80 Å². The summed E-state index contributed by atoms with van der Waals surface area (Å²) in [5.74, 6) is -1.24. The first kappa shape index (κ1) is 17.9. The molecule has 2 aromatic rings. The predicted octanol–water partition coefficient (Wildman–Crippen LogP) is 2.56. The van der Waals surface area contributed by atoms with Gasteiger partial charge in [-0.15, -0.1) is 0 Å². The summed E-state index contributed by atoms with van der Waals surface area (Å²) in [5, 5.41) is 12.6. The van der Waals surface area contributed by atoms with E-state index < -0.39 is 34.0 Å². The molecule has 0 fully saturated rings. The minimum atomic E-state index is -3.79. The van der Waals surface area contributed by atoms with Gasteiger partial charge in [0.25, 0.3) is 0 Å². The molecule has 2 N–H and O–H groups in total. The number of hydrogen-bond donors (Lipinski definition) is 2. The number of rotatable bonds is 4. The van der Waals surface area contributed by atoms with Gasteiger partial charge in [0, 0.05) is 5.39 Å². The van der Waals surface area contributed by atoms with Gasteiger partial charge in [0.1, 0.15) is 12.1 Å². The zero-order chi connectivity index (χ0) is 19.1. The van der Waals surface area contributed by atoms with Crippen LogP contribution in [0.1, 0.15) is 19.4 Å². The van der Waals surface area contributed by atoms with Crippen molar-refractivity contribution >= 4 is 38.7 Å². The highest BCUT2D eigenvalue weighted by Crippen LogP contribution is 2.38. The van der Waals surface area contributed by atoms with E-state index in [0.717, 1.165) is 5.39 Å². The zero-order valence-electron chi connectivity index (χ0n) is 14.1. The van der Waals surface area contributed by atoms with Gasteiger partial charge in [-0.3, -0.25) is 0 Å². The number of amides is 1. The Balaban J connectivity index is 1.82. The minimum Gasteiger partial charge on any atom is -0.480 e. The van der Waals surface area contributed by atoms with E-state index in [1.807, 2.05) is 18.2 Å². The summed E-state index contributed by atoms with van der Waals surface area (Å²) >= 11 is 0. The summed E-state index contributed by atoms with van der Waals surface area (Å²) < 4.78 is 30.6. The number of carboxylic acids is 1. The van der Waals surface area contributed by atoms with E-state index in [1.54, 1.807) is 18.2 Å². The quantitative estimate of drug-likeness (QED) is 0.850. The maximum atomic E-state index is 12.8. The number of carboxylic acid groups (broad SMARTS) is 1. The lowest BCUT2D eigenvalue weighted by Crippen LogP contribution is -2.49. The van der Waals surface area contributed by atoms with Crippen LogP contribution in [0.2, 0.25) is 0 Å². The van der Waals surface area contributed by atoms with Gasteiger partial charge in [-0.1, -0.05) is 36.4 Å². The second-order valence-electron chi connectivity index (χ2n) is 6.45. The highest BCUT2D eigenvalue weighted by molar-refractivity contribution is 7.96. The Kier molecular flexibility index (Phi) is 4.23. The molecule has 0 bridgehead atoms. The molecule has 0 aliphatic carbocycles. The molecule has 0 unspecified atom stereocenters. The Bertz CT molecular complexity index is 1050. The molecule has 136 valence electrons. The molecule has 8 heteroatoms. The van der Waals surface area contributed by atoms with Gasteiger partial charge in [-0.05, 0) is 30.9 Å². The highest BCUT2D eigenvalue weighted by atomic mass is 32.2. The van der Waals surface area contributed by atoms with E-state index in [2.05, 4.69) is 5.32 Å². The predicted molar refractivity (Wildman–Crippen MR) is 95.3 cm³/mol. The van der Waals surface area contributed by atoms with Gasteiger partial charge in [0.2, 0.25) is 9.84 Å². The Morgan fingerprint density at radius 1 is 1.15 bits per heavy atom. The lowest BCUT2D eigenvalue weighted by Gasteiger charge is -2.20. The molecule has 0 spiro atoms. The molecule has 0 saturated heterocycles. The summed E-state index contributed by atoms with van der Waals surface area (Å²) in [6.45, 7) is 2.11. The molecule has 1 heterocycles. The number of hydrogen-bond acceptors (Lipinski definition) is 5. The monoisotopic (exact) mass is 375 g/mol. The number of nitrogens with one attached hydrogen (secondary N) is 1. The van der Waals surface area contributed by atoms with Crippen molar-refractivity contribution in [3.8, 4) is 0 Å². The molecule has 1 amide bonds. The summed E-state index contributed by atoms with van der Waals surface area (Å²) in [6.07, 6.45) is 0.460. The van der Waals surface area contributed by atoms with E-state index >= 15 is 0 Å². The topological polar surface area (TPSA) is 110 Å². The van der Waals surface area contributed by atoms with Gasteiger partial charge in [0.05, 0.1) is 9.80 Å². The Morgan fingerprint density at radius 3 is 2.54 bits per heavy atom. The molecule has 3 rings (SSSR count). The number of sulfone groups is 1. The molecule has 0 radical (unpaired) electrons. The number of carbonyl (C=O) groups excluding carboxylic acids is 1. The van der Waals surface area contributed by atoms with Gasteiger partial charge in [0.15, 0.2) is 0 Å². The zero-order valence-corrected chi connectivity index (χ0v) is 15.0. The van der Waals surface area contributed by atoms with Crippen LogP contribution in [0.3, 0.4) is 0 Å². The number of benzene rings is 2. The third-order valence-corrected chi connectivity index (χ3v) is 6.05. The van der Waals surface area contributed by atoms with Crippen molar-refractivity contribution in [3.05, 3.63) is 46.9 Å². The molecule has 0 saturated carbocycles. The second kappa shape index (κ2) is 6.14. The fraction of sp³-hybridized carbons (Fsp3) is 0.222. The number of alkyl carbamates (subject to hydrolysis) is 1. The van der Waals surface area contributed by atoms with Crippen molar-refractivity contribution in [2.24, 2.45) is 0 Å². The average Bonchev–Trinajstić information content (AvgIpc) is 2.83. The maximum Gasteiger partial charge on any atom is 0.408 e. The van der Waals surface area contributed by atoms with Crippen LogP contribution in [-0.2, 0) is 19.4 Å². The smallest absolute Gasteiger partial charge is 0.408 e. The molecular formula is C18H17NO6S. The van der Waals surface area contributed by atoms with Crippen molar-refractivity contribution in [1.82, 2.24) is 5.32 Å². The fourth-order valence-corrected chi connectivity index (χ4v) is 4.33. The van der Waals surface area contributed by atoms with Crippen molar-refractivity contribution in [1.29, 1.82) is 0 Å². The second-order valence-corrected chi connectivity index (χ2v) is 8.39. The molecule has 0 aromatic heterocycles. The van der Waals surface area contributed by atoms with Crippen LogP contribution in [0.4, 0.5) is 4.79 Å². The average molecular weight is 375 g/mol. The van der Waals surface area contributed by atoms with E-state index in [9.17, 15) is 18.0 Å². The van der Waals surface area contributed by atoms with E-state index in [4.69, 9.17) is 9.84 Å². The summed E-state index contributed by atoms with van der Waals surface area (Å²) in [6, 6.07) is 10.7. The van der Waals surface area contributed by atoms with Crippen LogP contribution >= 0.6 is 0 Å². The van der Waals surface area contributed by atoms with Crippen molar-refractivity contribution in [2.45, 2.75) is 24.3 Å². The fourth-order valence-electron chi connectivity index (χ4n) is 2.66. The standard InChI is InChI=1S/C18H17NO6S/c1-18(2,16(20)21)19-17(22)25-10-13-9-12-8-7-11-5-3-4-6-14(11)15(12)26(13,23)24/h3-9H,10H2,1-2H3,(H,19,22)(H,20,21). The Hall–Kier alpha value is -2.87. The van der Waals surface area contributed by atoms with Crippen LogP contribution in [0.15, 0.2) is 46.2 Å². The van der Waals surface area contributed by atoms with Crippen molar-refractivity contribution in [2.75, 3.05) is 6.61 Å². The summed E-state index contributed by atoms with van der Waals surface area (Å²) in [4.78, 5) is 23.0. The van der Waals surface area contributed by atoms with Crippen molar-refractivity contribution in [3.63, 3.8) is 0 Å². The van der Waals surface area contributed by atoms with Crippen LogP contribution < -0.4 is 5.32 Å². The number of ether oxygens (including phenoxy) is 1. The molecule has 7 nitrogen and oxygen atoms in total. The SMILES string of the molecule is CC(C)(NC(=O)OCC1=Cc2ccc3ccccc3c2S1(=O)=O)C(=O)O. The van der Waals surface area contributed by atoms with E-state index in [0.29, 0.717) is 10.9 Å². The Morgan fingerprint density at radius 2 is 1.85 bits per heavy atom. The van der Waals surface area contributed by atoms with Crippen LogP contribution in [0.25, 0.3) is 16.8 Å². The normalized spacial score (nSPS) is 15.2. The number of carbonyl (C=O) groups is 2. The first-order valence-electron chi connectivity index (χ1n) is 7.79. The first-order chi connectivity index (χ1) is 12.1. The highest BCUT2D eigenvalue weighted by Gasteiger charge is 2.33. The number of fused-ring (bicyclic) bond motifs is 3. The summed E-state index contributed by atoms with van der Waals surface area (Å²) in [7, 11) is -3.79. The van der Waals surface area contributed by atoms with Gasteiger partial charge in [-0.25, -0.2) is 18.0 Å². The van der Waals surface area contributed by atoms with E-state index in [1.165, 1.54) is 19.9 Å². The molecule has 0 atom stereocenters. The lowest BCUT2D eigenvalue weighted by molar-refractivity contribution is -0.143. The van der Waals surface area contributed by atoms with Crippen LogP contribution in [0.5, 0.6) is 0 Å². The summed E-state index contributed by atoms with van der Waals surface area (Å²) in [5.41, 5.74) is -0.993. The van der Waals surface area contributed by atoms with Crippen molar-refractivity contribution < 1.29 is 27.9 Å². The minimum absolute atomic E-state index is 0.0489. The Labute approximate surface area is 150 Å². The van der Waals surface area contributed by atoms with Gasteiger partial charge >= 0.3 is 12.1 Å². The lowest BCUT2D eigenvalue weighted by atomic mass is 10.1. The molecule has 1 aliphatic rings. The van der Waals surface area contributed by atoms with Crippen LogP contribution in [0, 0.1) is 0 Å². The molecular weight excluding hydrogens is 358 g/mol. The largest absolute Gasteiger partial charge is 0.480 e.